The molecule has 3 aromatic carbocycles. The van der Waals surface area contributed by atoms with Crippen LogP contribution < -0.4 is 10.6 Å². The molecule has 0 bridgehead atoms. The molecule has 1 heterocycles. The summed E-state index contributed by atoms with van der Waals surface area (Å²) in [6.45, 7) is 5.87. The smallest absolute Gasteiger partial charge is 0.328 e. The fourth-order valence-electron chi connectivity index (χ4n) is 5.70. The maximum Gasteiger partial charge on any atom is 0.328 e. The highest BCUT2D eigenvalue weighted by atomic mass is 32.2. The molecule has 0 unspecified atom stereocenters. The molecule has 250 valence electrons. The Morgan fingerprint density at radius 2 is 1.72 bits per heavy atom. The molecule has 0 radical (unpaired) electrons. The van der Waals surface area contributed by atoms with Gasteiger partial charge in [0.15, 0.2) is 0 Å². The number of thioether (sulfide) groups is 1. The van der Waals surface area contributed by atoms with Gasteiger partial charge in [-0.2, -0.15) is 11.8 Å². The third-order valence-corrected chi connectivity index (χ3v) is 9.18. The second-order valence-electron chi connectivity index (χ2n) is 12.0. The Balaban J connectivity index is 1.53. The topological polar surface area (TPSA) is 106 Å². The lowest BCUT2D eigenvalue weighted by Crippen LogP contribution is -2.51. The fourth-order valence-corrected chi connectivity index (χ4v) is 6.17. The second kappa shape index (κ2) is 18.3. The van der Waals surface area contributed by atoms with Crippen molar-refractivity contribution >= 4 is 40.3 Å². The normalized spacial score (nSPS) is 13.2. The van der Waals surface area contributed by atoms with Crippen LogP contribution in [0, 0.1) is 5.92 Å². The van der Waals surface area contributed by atoms with Gasteiger partial charge in [0.25, 0.3) is 0 Å². The van der Waals surface area contributed by atoms with Crippen molar-refractivity contribution in [3.05, 3.63) is 102 Å². The van der Waals surface area contributed by atoms with Crippen LogP contribution in [0.2, 0.25) is 0 Å². The Kier molecular flexibility index (Phi) is 13.9. The van der Waals surface area contributed by atoms with E-state index in [0.29, 0.717) is 31.8 Å². The van der Waals surface area contributed by atoms with Crippen LogP contribution in [0.5, 0.6) is 0 Å². The number of carbonyl (C=O) groups excluding carboxylic acids is 3. The van der Waals surface area contributed by atoms with Gasteiger partial charge in [0, 0.05) is 37.6 Å². The number of fused-ring (bicyclic) bond motifs is 1. The van der Waals surface area contributed by atoms with E-state index in [0.717, 1.165) is 34.0 Å². The van der Waals surface area contributed by atoms with Crippen molar-refractivity contribution in [1.29, 1.82) is 0 Å². The fraction of sp³-hybridized carbons (Fsp3) is 0.405. The predicted octanol–water partition coefficient (Wildman–Crippen LogP) is 5.07. The zero-order valence-electron chi connectivity index (χ0n) is 27.9. The van der Waals surface area contributed by atoms with Gasteiger partial charge in [0.05, 0.1) is 26.4 Å². The summed E-state index contributed by atoms with van der Waals surface area (Å²) in [5.41, 5.74) is 3.05. The first-order valence-corrected chi connectivity index (χ1v) is 17.6. The molecular weight excluding hydrogens is 611 g/mol. The van der Waals surface area contributed by atoms with E-state index in [1.165, 1.54) is 7.11 Å². The van der Waals surface area contributed by atoms with Gasteiger partial charge in [-0.05, 0) is 46.2 Å². The van der Waals surface area contributed by atoms with Crippen LogP contribution in [0.1, 0.15) is 43.5 Å². The zero-order chi connectivity index (χ0) is 33.6. The number of hydrogen-bond donors (Lipinski definition) is 2. The Labute approximate surface area is 282 Å². The van der Waals surface area contributed by atoms with Crippen molar-refractivity contribution in [2.24, 2.45) is 5.92 Å². The first-order valence-electron chi connectivity index (χ1n) is 16.2. The quantitative estimate of drug-likeness (QED) is 0.144. The highest BCUT2D eigenvalue weighted by Crippen LogP contribution is 2.21. The highest BCUT2D eigenvalue weighted by Gasteiger charge is 2.26. The van der Waals surface area contributed by atoms with Crippen LogP contribution in [-0.4, -0.2) is 76.5 Å². The summed E-state index contributed by atoms with van der Waals surface area (Å²) in [6, 6.07) is 23.5. The Hall–Kier alpha value is -4.15. The van der Waals surface area contributed by atoms with E-state index in [9.17, 15) is 14.4 Å². The molecule has 10 heteroatoms. The Morgan fingerprint density at radius 3 is 2.47 bits per heavy atom. The standard InChI is InChI=1S/C37H47N5O4S/c1-5-27(2)34(40-35(43)20-31-21-38-26-42(31)22-28-12-7-6-8-13-28)24-41(23-30-16-11-15-29-14-9-10-17-32(29)30)25-36(44)39-33(18-19-47-4)37(45)46-3/h6-17,21,26-27,33-34H,5,18-20,22-25H2,1-4H3,(H,39,44)(H,40,43)/t27-,33-,34+/m0/s1. The van der Waals surface area contributed by atoms with E-state index in [2.05, 4.69) is 70.8 Å². The number of amides is 2. The summed E-state index contributed by atoms with van der Waals surface area (Å²) >= 11 is 1.61. The average molecular weight is 658 g/mol. The molecule has 2 N–H and O–H groups in total. The van der Waals surface area contributed by atoms with Gasteiger partial charge in [-0.25, -0.2) is 9.78 Å². The molecule has 0 aliphatic heterocycles. The van der Waals surface area contributed by atoms with Crippen molar-refractivity contribution < 1.29 is 19.1 Å². The maximum atomic E-state index is 13.5. The monoisotopic (exact) mass is 657 g/mol. The summed E-state index contributed by atoms with van der Waals surface area (Å²) in [5.74, 6) is 0.0507. The molecule has 0 saturated carbocycles. The second-order valence-corrected chi connectivity index (χ2v) is 13.0. The molecule has 1 aromatic heterocycles. The van der Waals surface area contributed by atoms with E-state index in [-0.39, 0.29) is 36.7 Å². The van der Waals surface area contributed by atoms with Gasteiger partial charge in [-0.15, -0.1) is 0 Å². The number of imidazole rings is 1. The first-order chi connectivity index (χ1) is 22.8. The molecular formula is C37H47N5O4S. The maximum absolute atomic E-state index is 13.5. The molecule has 4 aromatic rings. The van der Waals surface area contributed by atoms with Crippen molar-refractivity contribution in [3.63, 3.8) is 0 Å². The summed E-state index contributed by atoms with van der Waals surface area (Å²) in [6.07, 6.45) is 6.99. The zero-order valence-corrected chi connectivity index (χ0v) is 28.7. The number of benzene rings is 3. The van der Waals surface area contributed by atoms with Crippen LogP contribution in [0.3, 0.4) is 0 Å². The van der Waals surface area contributed by atoms with E-state index in [4.69, 9.17) is 4.74 Å². The van der Waals surface area contributed by atoms with Gasteiger partial charge in [-0.3, -0.25) is 14.5 Å². The predicted molar refractivity (Wildman–Crippen MR) is 189 cm³/mol. The van der Waals surface area contributed by atoms with Crippen LogP contribution in [0.25, 0.3) is 10.8 Å². The molecule has 0 fully saturated rings. The molecule has 0 aliphatic rings. The molecule has 3 atom stereocenters. The van der Waals surface area contributed by atoms with Crippen molar-refractivity contribution in [1.82, 2.24) is 25.1 Å². The SMILES string of the molecule is CC[C@H](C)[C@@H](CN(CC(=O)N[C@@H](CCSC)C(=O)OC)Cc1cccc2ccccc12)NC(=O)Cc1cncn1Cc1ccccc1. The Morgan fingerprint density at radius 1 is 0.979 bits per heavy atom. The van der Waals surface area contributed by atoms with Gasteiger partial charge in [0.1, 0.15) is 6.04 Å². The third kappa shape index (κ3) is 10.7. The number of carbonyl (C=O) groups is 3. The van der Waals surface area contributed by atoms with Gasteiger partial charge < -0.3 is 19.9 Å². The Bertz CT molecular complexity index is 1590. The largest absolute Gasteiger partial charge is 0.467 e. The van der Waals surface area contributed by atoms with Crippen LogP contribution in [0.15, 0.2) is 85.3 Å². The number of hydrogen-bond acceptors (Lipinski definition) is 7. The van der Waals surface area contributed by atoms with Gasteiger partial charge in [-0.1, -0.05) is 93.1 Å². The lowest BCUT2D eigenvalue weighted by atomic mass is 9.97. The van der Waals surface area contributed by atoms with Crippen LogP contribution in [0.4, 0.5) is 0 Å². The van der Waals surface area contributed by atoms with Gasteiger partial charge >= 0.3 is 5.97 Å². The van der Waals surface area contributed by atoms with Crippen molar-refractivity contribution in [3.8, 4) is 0 Å². The number of nitrogens with one attached hydrogen (secondary N) is 2. The molecule has 4 rings (SSSR count). The third-order valence-electron chi connectivity index (χ3n) is 8.54. The average Bonchev–Trinajstić information content (AvgIpc) is 3.51. The van der Waals surface area contributed by atoms with Crippen LogP contribution >= 0.6 is 11.8 Å². The van der Waals surface area contributed by atoms with Crippen LogP contribution in [-0.2, 0) is 38.6 Å². The highest BCUT2D eigenvalue weighted by molar-refractivity contribution is 7.98. The van der Waals surface area contributed by atoms with Crippen molar-refractivity contribution in [2.75, 3.05) is 32.2 Å². The summed E-state index contributed by atoms with van der Waals surface area (Å²) in [4.78, 5) is 45.8. The lowest BCUT2D eigenvalue weighted by molar-refractivity contribution is -0.145. The minimum Gasteiger partial charge on any atom is -0.467 e. The molecule has 0 saturated heterocycles. The summed E-state index contributed by atoms with van der Waals surface area (Å²) in [5, 5.41) is 8.43. The number of rotatable bonds is 18. The molecule has 9 nitrogen and oxygen atoms in total. The summed E-state index contributed by atoms with van der Waals surface area (Å²) < 4.78 is 6.97. The van der Waals surface area contributed by atoms with E-state index >= 15 is 0 Å². The number of esters is 1. The number of aromatic nitrogens is 2. The number of ether oxygens (including phenoxy) is 1. The molecule has 2 amide bonds. The summed E-state index contributed by atoms with van der Waals surface area (Å²) in [7, 11) is 1.33. The molecule has 47 heavy (non-hydrogen) atoms. The lowest BCUT2D eigenvalue weighted by Gasteiger charge is -2.32. The minimum absolute atomic E-state index is 0.0582. The van der Waals surface area contributed by atoms with E-state index in [1.54, 1.807) is 24.3 Å². The van der Waals surface area contributed by atoms with E-state index < -0.39 is 12.0 Å². The molecule has 0 aliphatic carbocycles. The van der Waals surface area contributed by atoms with Gasteiger partial charge in [0.2, 0.25) is 11.8 Å². The number of methoxy groups -OCH3 is 1. The number of nitrogens with zero attached hydrogens (tertiary/aromatic N) is 3. The first kappa shape index (κ1) is 35.7. The minimum atomic E-state index is -0.717. The molecule has 0 spiro atoms. The van der Waals surface area contributed by atoms with Crippen molar-refractivity contribution in [2.45, 2.75) is 58.3 Å². The van der Waals surface area contributed by atoms with E-state index in [1.807, 2.05) is 47.2 Å².